The molecule has 2 aromatic heterocycles. The topological polar surface area (TPSA) is 78.3 Å². The van der Waals surface area contributed by atoms with Crippen LogP contribution in [0.2, 0.25) is 0 Å². The molecule has 2 aromatic carbocycles. The number of fused-ring (bicyclic) bond motifs is 2. The Balaban J connectivity index is 1.34. The third-order valence-corrected chi connectivity index (χ3v) is 8.02. The van der Waals surface area contributed by atoms with Crippen LogP contribution < -0.4 is 26.0 Å². The van der Waals surface area contributed by atoms with Gasteiger partial charge in [-0.25, -0.2) is 9.37 Å². The van der Waals surface area contributed by atoms with Crippen molar-refractivity contribution in [2.45, 2.75) is 25.4 Å². The molecule has 2 aliphatic rings. The minimum Gasteiger partial charge on any atom is -0.372 e. The lowest BCUT2D eigenvalue weighted by atomic mass is 9.98. The Morgan fingerprint density at radius 3 is 2.82 bits per heavy atom. The quantitative estimate of drug-likeness (QED) is 0.370. The van der Waals surface area contributed by atoms with Crippen molar-refractivity contribution in [1.29, 1.82) is 0 Å². The number of benzene rings is 2. The Morgan fingerprint density at radius 2 is 2.00 bits per heavy atom. The summed E-state index contributed by atoms with van der Waals surface area (Å²) < 4.78 is 17.4. The van der Waals surface area contributed by atoms with E-state index >= 15 is 4.39 Å². The number of aromatic nitrogens is 3. The number of rotatable bonds is 4. The molecule has 1 saturated heterocycles. The highest BCUT2D eigenvalue weighted by atomic mass is 79.9. The first kappa shape index (κ1) is 24.8. The van der Waals surface area contributed by atoms with E-state index < -0.39 is 0 Å². The van der Waals surface area contributed by atoms with Gasteiger partial charge in [-0.05, 0) is 65.2 Å². The number of hydrogen-bond donors (Lipinski definition) is 2. The lowest BCUT2D eigenvalue weighted by Crippen LogP contribution is -2.50. The fourth-order valence-corrected chi connectivity index (χ4v) is 6.03. The minimum absolute atomic E-state index is 0.108. The molecule has 0 radical (unpaired) electrons. The average molecular weight is 578 g/mol. The van der Waals surface area contributed by atoms with E-state index in [9.17, 15) is 4.79 Å². The van der Waals surface area contributed by atoms with Crippen molar-refractivity contribution in [3.8, 4) is 0 Å². The summed E-state index contributed by atoms with van der Waals surface area (Å²) in [6, 6.07) is 15.2. The van der Waals surface area contributed by atoms with E-state index in [4.69, 9.17) is 4.98 Å². The highest BCUT2D eigenvalue weighted by Crippen LogP contribution is 2.32. The molecule has 0 spiro atoms. The molecule has 8 nitrogen and oxygen atoms in total. The number of hydrogen-bond acceptors (Lipinski definition) is 7. The first-order valence-electron chi connectivity index (χ1n) is 12.8. The maximum absolute atomic E-state index is 15.1. The number of nitrogens with zero attached hydrogens (tertiary/aromatic N) is 5. The fourth-order valence-electron chi connectivity index (χ4n) is 5.59. The second-order valence-electron chi connectivity index (χ2n) is 10.0. The van der Waals surface area contributed by atoms with Crippen molar-refractivity contribution in [3.05, 3.63) is 80.9 Å². The molecule has 2 unspecified atom stereocenters. The zero-order valence-electron chi connectivity index (χ0n) is 21.3. The van der Waals surface area contributed by atoms with Crippen LogP contribution in [0.15, 0.2) is 64.0 Å². The summed E-state index contributed by atoms with van der Waals surface area (Å²) in [6.07, 6.45) is 2.41. The van der Waals surface area contributed by atoms with Crippen LogP contribution in [-0.4, -0.2) is 53.8 Å². The molecule has 38 heavy (non-hydrogen) atoms. The Bertz CT molecular complexity index is 1580. The monoisotopic (exact) mass is 577 g/mol. The summed E-state index contributed by atoms with van der Waals surface area (Å²) in [6.45, 7) is 5.17. The molecular weight excluding hydrogens is 549 g/mol. The third-order valence-electron chi connectivity index (χ3n) is 7.45. The van der Waals surface area contributed by atoms with Gasteiger partial charge in [0.25, 0.3) is 5.56 Å². The zero-order valence-corrected chi connectivity index (χ0v) is 22.9. The number of halogens is 2. The first-order valence-corrected chi connectivity index (χ1v) is 13.6. The lowest BCUT2D eigenvalue weighted by molar-refractivity contribution is 0.479. The normalized spacial score (nSPS) is 19.5. The van der Waals surface area contributed by atoms with Gasteiger partial charge in [-0.15, -0.1) is 0 Å². The van der Waals surface area contributed by atoms with E-state index in [-0.39, 0.29) is 23.5 Å². The molecule has 0 bridgehead atoms. The van der Waals surface area contributed by atoms with Crippen molar-refractivity contribution in [2.75, 3.05) is 48.3 Å². The summed E-state index contributed by atoms with van der Waals surface area (Å²) >= 11 is 3.44. The smallest absolute Gasteiger partial charge is 0.266 e. The molecule has 4 heterocycles. The van der Waals surface area contributed by atoms with Gasteiger partial charge in [0.05, 0.1) is 16.2 Å². The summed E-state index contributed by atoms with van der Waals surface area (Å²) in [5, 5.41) is 7.22. The van der Waals surface area contributed by atoms with Crippen molar-refractivity contribution >= 4 is 50.0 Å². The predicted molar refractivity (Wildman–Crippen MR) is 153 cm³/mol. The van der Waals surface area contributed by atoms with Gasteiger partial charge in [-0.1, -0.05) is 18.2 Å². The van der Waals surface area contributed by atoms with Crippen LogP contribution in [0, 0.1) is 5.82 Å². The summed E-state index contributed by atoms with van der Waals surface area (Å²) in [4.78, 5) is 26.8. The van der Waals surface area contributed by atoms with Gasteiger partial charge in [0.1, 0.15) is 11.5 Å². The molecule has 10 heteroatoms. The van der Waals surface area contributed by atoms with Crippen LogP contribution in [-0.2, 0) is 6.42 Å². The number of nitrogens with one attached hydrogen (secondary N) is 2. The van der Waals surface area contributed by atoms with Gasteiger partial charge >= 0.3 is 0 Å². The van der Waals surface area contributed by atoms with Crippen molar-refractivity contribution in [1.82, 2.24) is 19.9 Å². The Labute approximate surface area is 228 Å². The molecule has 0 aliphatic carbocycles. The minimum atomic E-state index is -0.297. The van der Waals surface area contributed by atoms with E-state index in [1.54, 1.807) is 22.9 Å². The van der Waals surface area contributed by atoms with Crippen molar-refractivity contribution in [3.63, 3.8) is 0 Å². The van der Waals surface area contributed by atoms with Crippen LogP contribution in [0.5, 0.6) is 0 Å². The highest BCUT2D eigenvalue weighted by Gasteiger charge is 2.27. The third kappa shape index (κ3) is 4.52. The van der Waals surface area contributed by atoms with E-state index in [2.05, 4.69) is 60.4 Å². The molecule has 2 atom stereocenters. The average Bonchev–Trinajstić information content (AvgIpc) is 2.90. The molecule has 1 fully saturated rings. The highest BCUT2D eigenvalue weighted by molar-refractivity contribution is 9.10. The van der Waals surface area contributed by atoms with Crippen LogP contribution >= 0.6 is 15.9 Å². The van der Waals surface area contributed by atoms with Crippen LogP contribution in [0.1, 0.15) is 18.5 Å². The number of pyridine rings is 1. The molecule has 0 amide bonds. The van der Waals surface area contributed by atoms with Gasteiger partial charge in [-0.3, -0.25) is 9.36 Å². The maximum atomic E-state index is 15.1. The second kappa shape index (κ2) is 9.99. The van der Waals surface area contributed by atoms with E-state index in [1.165, 1.54) is 17.3 Å². The molecule has 2 aliphatic heterocycles. The maximum Gasteiger partial charge on any atom is 0.266 e. The Morgan fingerprint density at radius 1 is 1.16 bits per heavy atom. The molecule has 4 aromatic rings. The summed E-state index contributed by atoms with van der Waals surface area (Å²) in [5.41, 5.74) is 3.90. The van der Waals surface area contributed by atoms with Crippen LogP contribution in [0.25, 0.3) is 11.0 Å². The van der Waals surface area contributed by atoms with Crippen LogP contribution in [0.3, 0.4) is 0 Å². The standard InChI is InChI=1S/C28H29BrFN7O/c1-17-14-31-9-10-36(17)25-8-7-20(13-23(25)30)33-28-32-15-19-12-22(29)27(38)37(26(19)34-28)21-11-18-5-3-4-6-24(18)35(2)16-21/h3-8,12-13,15,17,21,31H,9-11,14,16H2,1-2H3,(H,32,33,34). The number of piperazine rings is 1. The molecule has 196 valence electrons. The number of anilines is 4. The Hall–Kier alpha value is -3.50. The summed E-state index contributed by atoms with van der Waals surface area (Å²) in [5.74, 6) is 0.00881. The van der Waals surface area contributed by atoms with Crippen molar-refractivity contribution < 1.29 is 4.39 Å². The number of para-hydroxylation sites is 1. The lowest BCUT2D eigenvalue weighted by Gasteiger charge is -2.36. The SMILES string of the molecule is CC1CNCCN1c1ccc(Nc2ncc3cc(Br)c(=O)n(C4Cc5ccccc5N(C)C4)c3n2)cc1F. The zero-order chi connectivity index (χ0) is 26.4. The van der Waals surface area contributed by atoms with Gasteiger partial charge in [0.15, 0.2) is 0 Å². The van der Waals surface area contributed by atoms with E-state index in [0.29, 0.717) is 34.0 Å². The van der Waals surface area contributed by atoms with Gasteiger partial charge in [0.2, 0.25) is 5.95 Å². The Kier molecular flexibility index (Phi) is 6.53. The van der Waals surface area contributed by atoms with Gasteiger partial charge in [-0.2, -0.15) is 4.98 Å². The molecule has 2 N–H and O–H groups in total. The van der Waals surface area contributed by atoms with E-state index in [0.717, 1.165) is 31.4 Å². The fraction of sp³-hybridized carbons (Fsp3) is 0.321. The first-order chi connectivity index (χ1) is 18.4. The molecular formula is C28H29BrFN7O. The predicted octanol–water partition coefficient (Wildman–Crippen LogP) is 4.47. The molecule has 6 rings (SSSR count). The largest absolute Gasteiger partial charge is 0.372 e. The number of likely N-dealkylation sites (N-methyl/N-ethyl adjacent to an activating group) is 1. The van der Waals surface area contributed by atoms with Crippen LogP contribution in [0.4, 0.5) is 27.4 Å². The van der Waals surface area contributed by atoms with Gasteiger partial charge in [0, 0.05) is 62.2 Å². The summed E-state index contributed by atoms with van der Waals surface area (Å²) in [7, 11) is 2.04. The van der Waals surface area contributed by atoms with E-state index in [1.807, 2.05) is 25.2 Å². The second-order valence-corrected chi connectivity index (χ2v) is 10.9. The van der Waals surface area contributed by atoms with Crippen molar-refractivity contribution in [2.24, 2.45) is 0 Å². The molecule has 0 saturated carbocycles. The van der Waals surface area contributed by atoms with Gasteiger partial charge < -0.3 is 20.4 Å².